The standard InChI is InChI=1S/C12H19N3O3S2/c1-3-4-6-5-7(6)15-12-10(20(2,17)18)8(13)9(19-12)11(14)16/h6-7,15H,3-5,13H2,1-2H3,(H2,14,16). The quantitative estimate of drug-likeness (QED) is 0.734. The lowest BCUT2D eigenvalue weighted by atomic mass is 10.2. The van der Waals surface area contributed by atoms with Gasteiger partial charge in [-0.3, -0.25) is 4.79 Å². The maximum absolute atomic E-state index is 11.9. The summed E-state index contributed by atoms with van der Waals surface area (Å²) in [6, 6.07) is 0.259. The van der Waals surface area contributed by atoms with Gasteiger partial charge >= 0.3 is 0 Å². The molecule has 8 heteroatoms. The van der Waals surface area contributed by atoms with Gasteiger partial charge in [-0.1, -0.05) is 13.3 Å². The molecule has 5 N–H and O–H groups in total. The molecule has 1 saturated carbocycles. The molecular weight excluding hydrogens is 298 g/mol. The molecule has 112 valence electrons. The van der Waals surface area contributed by atoms with E-state index in [1.165, 1.54) is 0 Å². The Hall–Kier alpha value is -1.28. The van der Waals surface area contributed by atoms with Crippen LogP contribution in [0.1, 0.15) is 35.9 Å². The van der Waals surface area contributed by atoms with Crippen LogP contribution in [0.4, 0.5) is 10.7 Å². The van der Waals surface area contributed by atoms with Crippen molar-refractivity contribution in [3.8, 4) is 0 Å². The highest BCUT2D eigenvalue weighted by Crippen LogP contribution is 2.44. The van der Waals surface area contributed by atoms with Crippen LogP contribution in [-0.4, -0.2) is 26.6 Å². The zero-order chi connectivity index (χ0) is 15.1. The molecule has 2 rings (SSSR count). The highest BCUT2D eigenvalue weighted by Gasteiger charge is 2.38. The third-order valence-corrected chi connectivity index (χ3v) is 5.84. The van der Waals surface area contributed by atoms with Crippen LogP contribution in [0.25, 0.3) is 0 Å². The van der Waals surface area contributed by atoms with Crippen molar-refractivity contribution in [2.24, 2.45) is 11.7 Å². The number of amides is 1. The maximum atomic E-state index is 11.9. The molecule has 0 aliphatic heterocycles. The highest BCUT2D eigenvalue weighted by atomic mass is 32.2. The Kier molecular flexibility index (Phi) is 3.97. The summed E-state index contributed by atoms with van der Waals surface area (Å²) < 4.78 is 23.7. The van der Waals surface area contributed by atoms with Crippen LogP contribution in [0.3, 0.4) is 0 Å². The monoisotopic (exact) mass is 317 g/mol. The summed E-state index contributed by atoms with van der Waals surface area (Å²) in [5.41, 5.74) is 11.0. The van der Waals surface area contributed by atoms with E-state index in [1.807, 2.05) is 0 Å². The van der Waals surface area contributed by atoms with Crippen molar-refractivity contribution in [1.29, 1.82) is 0 Å². The molecule has 0 aromatic carbocycles. The van der Waals surface area contributed by atoms with Crippen LogP contribution in [0, 0.1) is 5.92 Å². The molecule has 1 aromatic heterocycles. The average Bonchev–Trinajstić information content (AvgIpc) is 2.91. The van der Waals surface area contributed by atoms with Gasteiger partial charge in [0.05, 0.1) is 5.69 Å². The Bertz CT molecular complexity index is 637. The predicted octanol–water partition coefficient (Wildman–Crippen LogP) is 1.43. The molecule has 0 saturated heterocycles. The highest BCUT2D eigenvalue weighted by molar-refractivity contribution is 7.91. The number of nitrogens with two attached hydrogens (primary N) is 2. The van der Waals surface area contributed by atoms with Gasteiger partial charge in [0, 0.05) is 12.3 Å². The smallest absolute Gasteiger partial charge is 0.261 e. The summed E-state index contributed by atoms with van der Waals surface area (Å²) in [6.45, 7) is 2.12. The van der Waals surface area contributed by atoms with E-state index in [9.17, 15) is 13.2 Å². The SMILES string of the molecule is CCCC1CC1Nc1sc(C(N)=O)c(N)c1S(C)(=O)=O. The molecule has 6 nitrogen and oxygen atoms in total. The second kappa shape index (κ2) is 5.25. The van der Waals surface area contributed by atoms with E-state index in [1.54, 1.807) is 0 Å². The van der Waals surface area contributed by atoms with Crippen LogP contribution < -0.4 is 16.8 Å². The topological polar surface area (TPSA) is 115 Å². The van der Waals surface area contributed by atoms with E-state index < -0.39 is 15.7 Å². The number of nitrogen functional groups attached to an aromatic ring is 1. The molecule has 0 bridgehead atoms. The number of carbonyl (C=O) groups is 1. The molecule has 1 aromatic rings. The third kappa shape index (κ3) is 2.90. The summed E-state index contributed by atoms with van der Waals surface area (Å²) in [6.07, 6.45) is 4.30. The number of anilines is 2. The van der Waals surface area contributed by atoms with Crippen molar-refractivity contribution in [2.75, 3.05) is 17.3 Å². The molecule has 1 amide bonds. The Morgan fingerprint density at radius 3 is 2.65 bits per heavy atom. The number of nitrogens with one attached hydrogen (secondary N) is 1. The number of rotatable bonds is 6. The normalized spacial score (nSPS) is 21.7. The molecule has 2 atom stereocenters. The minimum Gasteiger partial charge on any atom is -0.396 e. The Morgan fingerprint density at radius 1 is 1.50 bits per heavy atom. The number of hydrogen-bond acceptors (Lipinski definition) is 6. The summed E-state index contributed by atoms with van der Waals surface area (Å²) in [4.78, 5) is 11.4. The second-order valence-corrected chi connectivity index (χ2v) is 8.15. The Morgan fingerprint density at radius 2 is 2.15 bits per heavy atom. The van der Waals surface area contributed by atoms with Crippen molar-refractivity contribution >= 4 is 37.8 Å². The molecule has 20 heavy (non-hydrogen) atoms. The molecule has 1 aliphatic rings. The first-order valence-electron chi connectivity index (χ1n) is 6.44. The first-order chi connectivity index (χ1) is 9.25. The number of sulfone groups is 1. The predicted molar refractivity (Wildman–Crippen MR) is 80.8 cm³/mol. The number of thiophene rings is 1. The Balaban J connectivity index is 2.33. The van der Waals surface area contributed by atoms with Crippen molar-refractivity contribution < 1.29 is 13.2 Å². The fourth-order valence-electron chi connectivity index (χ4n) is 2.36. The van der Waals surface area contributed by atoms with Crippen molar-refractivity contribution in [1.82, 2.24) is 0 Å². The number of hydrogen-bond donors (Lipinski definition) is 3. The molecule has 2 unspecified atom stereocenters. The van der Waals surface area contributed by atoms with Crippen LogP contribution in [0.5, 0.6) is 0 Å². The van der Waals surface area contributed by atoms with E-state index >= 15 is 0 Å². The van der Waals surface area contributed by atoms with Gasteiger partial charge < -0.3 is 16.8 Å². The first-order valence-corrected chi connectivity index (χ1v) is 9.15. The van der Waals surface area contributed by atoms with Crippen molar-refractivity contribution in [3.63, 3.8) is 0 Å². The van der Waals surface area contributed by atoms with E-state index in [0.717, 1.165) is 36.9 Å². The fraction of sp³-hybridized carbons (Fsp3) is 0.583. The summed E-state index contributed by atoms with van der Waals surface area (Å²) in [5, 5.41) is 3.63. The molecule has 0 spiro atoms. The van der Waals surface area contributed by atoms with Crippen LogP contribution in [0.15, 0.2) is 4.90 Å². The van der Waals surface area contributed by atoms with Gasteiger partial charge in [-0.15, -0.1) is 11.3 Å². The molecule has 0 radical (unpaired) electrons. The van der Waals surface area contributed by atoms with Gasteiger partial charge in [0.2, 0.25) is 0 Å². The van der Waals surface area contributed by atoms with Gasteiger partial charge in [0.1, 0.15) is 14.8 Å². The van der Waals surface area contributed by atoms with Gasteiger partial charge in [-0.05, 0) is 18.8 Å². The number of carbonyl (C=O) groups excluding carboxylic acids is 1. The Labute approximate surface area is 122 Å². The zero-order valence-corrected chi connectivity index (χ0v) is 13.1. The fourth-order valence-corrected chi connectivity index (χ4v) is 4.83. The first kappa shape index (κ1) is 15.1. The van der Waals surface area contributed by atoms with Gasteiger partial charge in [0.15, 0.2) is 9.84 Å². The van der Waals surface area contributed by atoms with Gasteiger partial charge in [0.25, 0.3) is 5.91 Å². The summed E-state index contributed by atoms with van der Waals surface area (Å²) >= 11 is 1.02. The van der Waals surface area contributed by atoms with Crippen molar-refractivity contribution in [3.05, 3.63) is 4.88 Å². The van der Waals surface area contributed by atoms with E-state index in [0.29, 0.717) is 10.9 Å². The average molecular weight is 317 g/mol. The largest absolute Gasteiger partial charge is 0.396 e. The lowest BCUT2D eigenvalue weighted by Crippen LogP contribution is -2.12. The molecule has 1 heterocycles. The lowest BCUT2D eigenvalue weighted by molar-refractivity contribution is 0.100. The molecular formula is C12H19N3O3S2. The third-order valence-electron chi connectivity index (χ3n) is 3.39. The van der Waals surface area contributed by atoms with Crippen LogP contribution >= 0.6 is 11.3 Å². The summed E-state index contributed by atoms with van der Waals surface area (Å²) in [5.74, 6) is -0.140. The van der Waals surface area contributed by atoms with E-state index in [2.05, 4.69) is 12.2 Å². The van der Waals surface area contributed by atoms with Crippen LogP contribution in [0.2, 0.25) is 0 Å². The summed E-state index contributed by atoms with van der Waals surface area (Å²) in [7, 11) is -3.51. The minimum absolute atomic E-state index is 0.00144. The van der Waals surface area contributed by atoms with Crippen molar-refractivity contribution in [2.45, 2.75) is 37.1 Å². The van der Waals surface area contributed by atoms with Gasteiger partial charge in [-0.2, -0.15) is 0 Å². The van der Waals surface area contributed by atoms with E-state index in [4.69, 9.17) is 11.5 Å². The maximum Gasteiger partial charge on any atom is 0.261 e. The number of primary amides is 1. The van der Waals surface area contributed by atoms with Crippen LogP contribution in [-0.2, 0) is 9.84 Å². The molecule has 1 fully saturated rings. The van der Waals surface area contributed by atoms with E-state index in [-0.39, 0.29) is 21.5 Å². The van der Waals surface area contributed by atoms with Gasteiger partial charge in [-0.25, -0.2) is 8.42 Å². The zero-order valence-electron chi connectivity index (χ0n) is 11.5. The minimum atomic E-state index is -3.51. The lowest BCUT2D eigenvalue weighted by Gasteiger charge is -2.06. The second-order valence-electron chi connectivity index (χ2n) is 5.17. The molecule has 1 aliphatic carbocycles.